The molecule has 0 aromatic heterocycles. The van der Waals surface area contributed by atoms with Crippen molar-refractivity contribution in [2.24, 2.45) is 17.3 Å². The second-order valence-corrected chi connectivity index (χ2v) is 4.61. The van der Waals surface area contributed by atoms with Crippen LogP contribution in [0.25, 0.3) is 0 Å². The molecule has 0 spiro atoms. The minimum Gasteiger partial charge on any atom is -0.466 e. The number of ether oxygens (including phenoxy) is 1. The van der Waals surface area contributed by atoms with Gasteiger partial charge in [0.1, 0.15) is 0 Å². The zero-order chi connectivity index (χ0) is 10.8. The molecule has 0 radical (unpaired) electrons. The number of carbonyl (C=O) groups is 1. The van der Waals surface area contributed by atoms with Gasteiger partial charge in [0, 0.05) is 0 Å². The van der Waals surface area contributed by atoms with E-state index < -0.39 is 0 Å². The maximum Gasteiger partial charge on any atom is 0.306 e. The van der Waals surface area contributed by atoms with E-state index in [1.807, 2.05) is 6.92 Å². The van der Waals surface area contributed by atoms with Gasteiger partial charge in [-0.1, -0.05) is 32.9 Å². The van der Waals surface area contributed by atoms with E-state index in [-0.39, 0.29) is 11.4 Å². The van der Waals surface area contributed by atoms with Crippen molar-refractivity contribution in [3.63, 3.8) is 0 Å². The molecule has 0 amide bonds. The van der Waals surface area contributed by atoms with Crippen LogP contribution < -0.4 is 0 Å². The Labute approximate surface area is 86.3 Å². The summed E-state index contributed by atoms with van der Waals surface area (Å²) in [4.78, 5) is 11.3. The zero-order valence-corrected chi connectivity index (χ0v) is 9.54. The summed E-state index contributed by atoms with van der Waals surface area (Å²) in [5.41, 5.74) is 0.187. The highest BCUT2D eigenvalue weighted by molar-refractivity contribution is 5.70. The van der Waals surface area contributed by atoms with Gasteiger partial charge in [-0.2, -0.15) is 0 Å². The first-order valence-corrected chi connectivity index (χ1v) is 5.32. The molecule has 0 saturated carbocycles. The predicted octanol–water partition coefficient (Wildman–Crippen LogP) is 2.79. The molecule has 1 rings (SSSR count). The average Bonchev–Trinajstić information content (AvgIpc) is 2.32. The molecule has 14 heavy (non-hydrogen) atoms. The number of carbonyl (C=O) groups excluding carboxylic acids is 1. The van der Waals surface area contributed by atoms with E-state index in [4.69, 9.17) is 4.74 Å². The van der Waals surface area contributed by atoms with Gasteiger partial charge in [0.2, 0.25) is 0 Å². The highest BCUT2D eigenvalue weighted by atomic mass is 16.5. The standard InChI is InChI=1S/C12H20O2/c1-5-14-11(13)8-10-7-6-9(2)12(10,3)4/h6-7,9-10H,5,8H2,1-4H3/t9-,10?/m0/s1. The third-order valence-electron chi connectivity index (χ3n) is 3.45. The highest BCUT2D eigenvalue weighted by Gasteiger charge is 2.37. The van der Waals surface area contributed by atoms with E-state index in [1.54, 1.807) is 0 Å². The summed E-state index contributed by atoms with van der Waals surface area (Å²) < 4.78 is 4.96. The van der Waals surface area contributed by atoms with Crippen LogP contribution in [0.2, 0.25) is 0 Å². The van der Waals surface area contributed by atoms with Crippen LogP contribution in [0.3, 0.4) is 0 Å². The SMILES string of the molecule is CCOC(=O)CC1C=C[C@H](C)C1(C)C. The van der Waals surface area contributed by atoms with Crippen LogP contribution in [0.4, 0.5) is 0 Å². The molecule has 0 aliphatic heterocycles. The van der Waals surface area contributed by atoms with Crippen molar-refractivity contribution in [3.05, 3.63) is 12.2 Å². The van der Waals surface area contributed by atoms with Crippen LogP contribution in [0.15, 0.2) is 12.2 Å². The van der Waals surface area contributed by atoms with Gasteiger partial charge >= 0.3 is 5.97 Å². The fraction of sp³-hybridized carbons (Fsp3) is 0.750. The fourth-order valence-corrected chi connectivity index (χ4v) is 1.87. The molecule has 0 heterocycles. The van der Waals surface area contributed by atoms with Gasteiger partial charge < -0.3 is 4.74 Å². The predicted molar refractivity (Wildman–Crippen MR) is 56.8 cm³/mol. The number of hydrogen-bond donors (Lipinski definition) is 0. The summed E-state index contributed by atoms with van der Waals surface area (Å²) in [6, 6.07) is 0. The van der Waals surface area contributed by atoms with Gasteiger partial charge in [0.05, 0.1) is 13.0 Å². The van der Waals surface area contributed by atoms with E-state index in [0.29, 0.717) is 24.9 Å². The van der Waals surface area contributed by atoms with Crippen molar-refractivity contribution in [3.8, 4) is 0 Å². The summed E-state index contributed by atoms with van der Waals surface area (Å²) in [5.74, 6) is 0.794. The second-order valence-electron chi connectivity index (χ2n) is 4.61. The van der Waals surface area contributed by atoms with Crippen molar-refractivity contribution in [2.45, 2.75) is 34.1 Å². The second kappa shape index (κ2) is 4.16. The van der Waals surface area contributed by atoms with Crippen molar-refractivity contribution < 1.29 is 9.53 Å². The lowest BCUT2D eigenvalue weighted by atomic mass is 9.74. The van der Waals surface area contributed by atoms with Crippen molar-refractivity contribution in [2.75, 3.05) is 6.61 Å². The van der Waals surface area contributed by atoms with Gasteiger partial charge in [-0.25, -0.2) is 0 Å². The number of hydrogen-bond acceptors (Lipinski definition) is 2. The van der Waals surface area contributed by atoms with Gasteiger partial charge in [0.25, 0.3) is 0 Å². The molecular formula is C12H20O2. The van der Waals surface area contributed by atoms with Crippen molar-refractivity contribution in [1.82, 2.24) is 0 Å². The van der Waals surface area contributed by atoms with Gasteiger partial charge in [0.15, 0.2) is 0 Å². The minimum atomic E-state index is -0.0793. The van der Waals surface area contributed by atoms with Gasteiger partial charge in [-0.15, -0.1) is 0 Å². The lowest BCUT2D eigenvalue weighted by molar-refractivity contribution is -0.144. The van der Waals surface area contributed by atoms with Gasteiger partial charge in [-0.3, -0.25) is 4.79 Å². The normalized spacial score (nSPS) is 29.1. The van der Waals surface area contributed by atoms with Crippen LogP contribution in [-0.4, -0.2) is 12.6 Å². The molecule has 2 atom stereocenters. The third-order valence-corrected chi connectivity index (χ3v) is 3.45. The number of rotatable bonds is 3. The molecule has 0 N–H and O–H groups in total. The maximum absolute atomic E-state index is 11.3. The van der Waals surface area contributed by atoms with E-state index in [2.05, 4.69) is 32.9 Å². The Morgan fingerprint density at radius 3 is 2.50 bits per heavy atom. The minimum absolute atomic E-state index is 0.0793. The quantitative estimate of drug-likeness (QED) is 0.512. The molecule has 2 nitrogen and oxygen atoms in total. The Kier molecular flexibility index (Phi) is 3.35. The van der Waals surface area contributed by atoms with Crippen LogP contribution in [0, 0.1) is 17.3 Å². The number of esters is 1. The lowest BCUT2D eigenvalue weighted by Crippen LogP contribution is -2.26. The molecule has 1 aliphatic rings. The first-order chi connectivity index (χ1) is 6.48. The average molecular weight is 196 g/mol. The molecule has 1 unspecified atom stereocenters. The summed E-state index contributed by atoms with van der Waals surface area (Å²) in [6.07, 6.45) is 4.87. The lowest BCUT2D eigenvalue weighted by Gasteiger charge is -2.30. The molecular weight excluding hydrogens is 176 g/mol. The van der Waals surface area contributed by atoms with Crippen molar-refractivity contribution >= 4 is 5.97 Å². The highest BCUT2D eigenvalue weighted by Crippen LogP contribution is 2.43. The Morgan fingerprint density at radius 2 is 2.07 bits per heavy atom. The molecule has 0 fully saturated rings. The smallest absolute Gasteiger partial charge is 0.306 e. The van der Waals surface area contributed by atoms with Crippen LogP contribution >= 0.6 is 0 Å². The Bertz CT molecular complexity index is 241. The van der Waals surface area contributed by atoms with E-state index in [9.17, 15) is 4.79 Å². The molecule has 0 saturated heterocycles. The summed E-state index contributed by atoms with van der Waals surface area (Å²) in [7, 11) is 0. The molecule has 80 valence electrons. The molecule has 0 aromatic rings. The first kappa shape index (κ1) is 11.3. The van der Waals surface area contributed by atoms with Crippen LogP contribution in [0.5, 0.6) is 0 Å². The molecule has 0 bridgehead atoms. The van der Waals surface area contributed by atoms with Crippen molar-refractivity contribution in [1.29, 1.82) is 0 Å². The topological polar surface area (TPSA) is 26.3 Å². The van der Waals surface area contributed by atoms with E-state index in [0.717, 1.165) is 0 Å². The summed E-state index contributed by atoms with van der Waals surface area (Å²) in [5, 5.41) is 0. The van der Waals surface area contributed by atoms with Gasteiger partial charge in [-0.05, 0) is 24.2 Å². The maximum atomic E-state index is 11.3. The Hall–Kier alpha value is -0.790. The summed E-state index contributed by atoms with van der Waals surface area (Å²) >= 11 is 0. The van der Waals surface area contributed by atoms with Crippen LogP contribution in [0.1, 0.15) is 34.1 Å². The van der Waals surface area contributed by atoms with E-state index in [1.165, 1.54) is 0 Å². The van der Waals surface area contributed by atoms with E-state index >= 15 is 0 Å². The molecule has 0 aromatic carbocycles. The Balaban J connectivity index is 2.54. The third kappa shape index (κ3) is 2.17. The summed E-state index contributed by atoms with van der Waals surface area (Å²) in [6.45, 7) is 8.94. The fourth-order valence-electron chi connectivity index (χ4n) is 1.87. The Morgan fingerprint density at radius 1 is 1.43 bits per heavy atom. The first-order valence-electron chi connectivity index (χ1n) is 5.32. The molecule has 1 aliphatic carbocycles. The molecule has 2 heteroatoms. The van der Waals surface area contributed by atoms with Crippen LogP contribution in [-0.2, 0) is 9.53 Å². The zero-order valence-electron chi connectivity index (χ0n) is 9.54. The number of allylic oxidation sites excluding steroid dienone is 2. The largest absolute Gasteiger partial charge is 0.466 e. The monoisotopic (exact) mass is 196 g/mol.